The van der Waals surface area contributed by atoms with Crippen molar-refractivity contribution in [2.24, 2.45) is 4.99 Å². The van der Waals surface area contributed by atoms with Gasteiger partial charge in [0.2, 0.25) is 0 Å². The van der Waals surface area contributed by atoms with Crippen LogP contribution < -0.4 is 5.32 Å². The molecule has 0 aliphatic carbocycles. The number of hydrogen-bond acceptors (Lipinski definition) is 6. The number of piperazine rings is 1. The summed E-state index contributed by atoms with van der Waals surface area (Å²) in [7, 11) is 1.81. The summed E-state index contributed by atoms with van der Waals surface area (Å²) in [6, 6.07) is 4.00. The lowest BCUT2D eigenvalue weighted by Gasteiger charge is -2.36. The van der Waals surface area contributed by atoms with Crippen LogP contribution in [0.3, 0.4) is 0 Å². The molecule has 1 fully saturated rings. The van der Waals surface area contributed by atoms with E-state index in [1.54, 1.807) is 0 Å². The highest BCUT2D eigenvalue weighted by Gasteiger charge is 2.20. The van der Waals surface area contributed by atoms with Crippen molar-refractivity contribution in [3.63, 3.8) is 0 Å². The fraction of sp³-hybridized carbons (Fsp3) is 0.611. The van der Waals surface area contributed by atoms with Crippen molar-refractivity contribution < 1.29 is 9.05 Å². The molecule has 3 rings (SSSR count). The summed E-state index contributed by atoms with van der Waals surface area (Å²) in [5.74, 6) is 2.95. The van der Waals surface area contributed by atoms with Gasteiger partial charge in [-0.05, 0) is 12.8 Å². The van der Waals surface area contributed by atoms with Crippen LogP contribution in [0.5, 0.6) is 0 Å². The maximum absolute atomic E-state index is 5.38. The predicted molar refractivity (Wildman–Crippen MR) is 114 cm³/mol. The van der Waals surface area contributed by atoms with Crippen molar-refractivity contribution in [3.05, 3.63) is 35.0 Å². The molecule has 8 nitrogen and oxygen atoms in total. The highest BCUT2D eigenvalue weighted by atomic mass is 127. The first-order chi connectivity index (χ1) is 12.5. The molecular formula is C18H29IN6O2. The summed E-state index contributed by atoms with van der Waals surface area (Å²) in [5.41, 5.74) is 1.97. The maximum Gasteiger partial charge on any atom is 0.194 e. The van der Waals surface area contributed by atoms with Crippen LogP contribution in [0.25, 0.3) is 0 Å². The largest absolute Gasteiger partial charge is 0.361 e. The van der Waals surface area contributed by atoms with E-state index in [9.17, 15) is 0 Å². The Morgan fingerprint density at radius 2 is 1.93 bits per heavy atom. The molecule has 1 aliphatic rings. The molecule has 0 radical (unpaired) electrons. The number of halogens is 1. The van der Waals surface area contributed by atoms with Crippen LogP contribution in [-0.2, 0) is 13.1 Å². The summed E-state index contributed by atoms with van der Waals surface area (Å²) in [6.07, 6.45) is 0. The molecule has 1 N–H and O–H groups in total. The van der Waals surface area contributed by atoms with Gasteiger partial charge in [0.25, 0.3) is 0 Å². The van der Waals surface area contributed by atoms with Crippen molar-refractivity contribution in [2.75, 3.05) is 33.2 Å². The van der Waals surface area contributed by atoms with Crippen LogP contribution in [0.4, 0.5) is 0 Å². The van der Waals surface area contributed by atoms with Crippen LogP contribution >= 0.6 is 24.0 Å². The molecule has 0 atom stereocenters. The van der Waals surface area contributed by atoms with Gasteiger partial charge in [-0.15, -0.1) is 24.0 Å². The Morgan fingerprint density at radius 1 is 1.19 bits per heavy atom. The molecule has 1 aliphatic heterocycles. The van der Waals surface area contributed by atoms with Crippen LogP contribution in [0.1, 0.15) is 42.7 Å². The smallest absolute Gasteiger partial charge is 0.194 e. The third kappa shape index (κ3) is 5.93. The molecule has 150 valence electrons. The number of aliphatic imine (C=N–C) groups is 1. The first-order valence-corrected chi connectivity index (χ1v) is 9.10. The number of nitrogens with zero attached hydrogens (tertiary/aromatic N) is 5. The minimum absolute atomic E-state index is 0. The standard InChI is InChI=1S/C18H28N6O2.HI/c1-13(2)17-10-16(26-22-17)11-20-18(19-4)24-7-5-23(6-8-24)12-15-9-14(3)25-21-15;/h9-10,13H,5-8,11-12H2,1-4H3,(H,19,20);1H. The Morgan fingerprint density at radius 3 is 2.48 bits per heavy atom. The number of nitrogens with one attached hydrogen (secondary N) is 1. The second-order valence-electron chi connectivity index (χ2n) is 6.97. The van der Waals surface area contributed by atoms with Crippen molar-refractivity contribution >= 4 is 29.9 Å². The number of aromatic nitrogens is 2. The van der Waals surface area contributed by atoms with Gasteiger partial charge in [0.05, 0.1) is 17.9 Å². The van der Waals surface area contributed by atoms with Crippen LogP contribution in [0.2, 0.25) is 0 Å². The molecular weight excluding hydrogens is 459 g/mol. The van der Waals surface area contributed by atoms with Crippen LogP contribution in [0.15, 0.2) is 26.2 Å². The van der Waals surface area contributed by atoms with Gasteiger partial charge in [0.1, 0.15) is 5.76 Å². The van der Waals surface area contributed by atoms with Gasteiger partial charge in [-0.25, -0.2) is 0 Å². The summed E-state index contributed by atoms with van der Waals surface area (Å²) in [6.45, 7) is 11.3. The highest BCUT2D eigenvalue weighted by molar-refractivity contribution is 14.0. The van der Waals surface area contributed by atoms with E-state index >= 15 is 0 Å². The van der Waals surface area contributed by atoms with Gasteiger partial charge < -0.3 is 19.3 Å². The highest BCUT2D eigenvalue weighted by Crippen LogP contribution is 2.14. The predicted octanol–water partition coefficient (Wildman–Crippen LogP) is 2.61. The normalized spacial score (nSPS) is 15.9. The molecule has 0 unspecified atom stereocenters. The summed E-state index contributed by atoms with van der Waals surface area (Å²) >= 11 is 0. The van der Waals surface area contributed by atoms with E-state index < -0.39 is 0 Å². The van der Waals surface area contributed by atoms with E-state index in [-0.39, 0.29) is 24.0 Å². The SMILES string of the molecule is CN=C(NCc1cc(C(C)C)no1)N1CCN(Cc2cc(C)on2)CC1.I. The zero-order chi connectivity index (χ0) is 18.5. The first kappa shape index (κ1) is 21.7. The monoisotopic (exact) mass is 488 g/mol. The molecule has 1 saturated heterocycles. The Balaban J connectivity index is 0.00000261. The molecule has 9 heteroatoms. The van der Waals surface area contributed by atoms with E-state index in [2.05, 4.69) is 44.3 Å². The molecule has 2 aromatic rings. The quantitative estimate of drug-likeness (QED) is 0.394. The molecule has 3 heterocycles. The van der Waals surface area contributed by atoms with E-state index in [0.29, 0.717) is 12.5 Å². The second kappa shape index (κ2) is 10.1. The fourth-order valence-electron chi connectivity index (χ4n) is 3.02. The van der Waals surface area contributed by atoms with E-state index in [0.717, 1.165) is 61.6 Å². The van der Waals surface area contributed by atoms with Gasteiger partial charge in [-0.1, -0.05) is 24.2 Å². The Labute approximate surface area is 177 Å². The molecule has 27 heavy (non-hydrogen) atoms. The minimum atomic E-state index is 0. The lowest BCUT2D eigenvalue weighted by Crippen LogP contribution is -2.52. The lowest BCUT2D eigenvalue weighted by atomic mass is 10.1. The Hall–Kier alpha value is -1.62. The van der Waals surface area contributed by atoms with Crippen molar-refractivity contribution in [1.82, 2.24) is 25.4 Å². The summed E-state index contributed by atoms with van der Waals surface area (Å²) in [4.78, 5) is 9.05. The molecule has 0 spiro atoms. The Kier molecular flexibility index (Phi) is 8.08. The number of aryl methyl sites for hydroxylation is 1. The topological polar surface area (TPSA) is 82.9 Å². The van der Waals surface area contributed by atoms with Gasteiger partial charge in [-0.2, -0.15) is 0 Å². The summed E-state index contributed by atoms with van der Waals surface area (Å²) in [5, 5.41) is 11.5. The average molecular weight is 488 g/mol. The molecule has 0 aromatic carbocycles. The summed E-state index contributed by atoms with van der Waals surface area (Å²) < 4.78 is 10.5. The first-order valence-electron chi connectivity index (χ1n) is 9.10. The average Bonchev–Trinajstić information content (AvgIpc) is 3.26. The number of hydrogen-bond donors (Lipinski definition) is 1. The maximum atomic E-state index is 5.38. The minimum Gasteiger partial charge on any atom is -0.361 e. The zero-order valence-electron chi connectivity index (χ0n) is 16.4. The second-order valence-corrected chi connectivity index (χ2v) is 6.97. The number of rotatable bonds is 5. The van der Waals surface area contributed by atoms with Crippen molar-refractivity contribution in [1.29, 1.82) is 0 Å². The van der Waals surface area contributed by atoms with E-state index in [4.69, 9.17) is 9.05 Å². The van der Waals surface area contributed by atoms with Crippen LogP contribution in [0, 0.1) is 6.92 Å². The van der Waals surface area contributed by atoms with Gasteiger partial charge in [-0.3, -0.25) is 9.89 Å². The van der Waals surface area contributed by atoms with Gasteiger partial charge >= 0.3 is 0 Å². The van der Waals surface area contributed by atoms with Crippen molar-refractivity contribution in [3.8, 4) is 0 Å². The lowest BCUT2D eigenvalue weighted by molar-refractivity contribution is 0.168. The Bertz CT molecular complexity index is 734. The third-order valence-electron chi connectivity index (χ3n) is 4.54. The van der Waals surface area contributed by atoms with E-state index in [1.807, 2.05) is 26.1 Å². The molecule has 0 saturated carbocycles. The number of guanidine groups is 1. The van der Waals surface area contributed by atoms with Crippen molar-refractivity contribution in [2.45, 2.75) is 39.8 Å². The fourth-order valence-corrected chi connectivity index (χ4v) is 3.02. The van der Waals surface area contributed by atoms with E-state index in [1.165, 1.54) is 0 Å². The molecule has 0 amide bonds. The van der Waals surface area contributed by atoms with Gasteiger partial charge in [0.15, 0.2) is 11.7 Å². The van der Waals surface area contributed by atoms with Gasteiger partial charge in [0, 0.05) is 51.9 Å². The zero-order valence-corrected chi connectivity index (χ0v) is 18.8. The molecule has 2 aromatic heterocycles. The third-order valence-corrected chi connectivity index (χ3v) is 4.54. The molecule has 0 bridgehead atoms. The van der Waals surface area contributed by atoms with Crippen LogP contribution in [-0.4, -0.2) is 59.3 Å².